The van der Waals surface area contributed by atoms with Gasteiger partial charge in [0.1, 0.15) is 11.6 Å². The number of hydrogen-bond acceptors (Lipinski definition) is 4. The lowest BCUT2D eigenvalue weighted by atomic mass is 10.2. The van der Waals surface area contributed by atoms with Gasteiger partial charge in [-0.3, -0.25) is 0 Å². The van der Waals surface area contributed by atoms with E-state index in [4.69, 9.17) is 9.84 Å². The van der Waals surface area contributed by atoms with Gasteiger partial charge in [-0.1, -0.05) is 0 Å². The summed E-state index contributed by atoms with van der Waals surface area (Å²) in [7, 11) is 1.16. The van der Waals surface area contributed by atoms with E-state index in [1.54, 1.807) is 0 Å². The van der Waals surface area contributed by atoms with Crippen LogP contribution in [0.5, 0.6) is 5.75 Å². The van der Waals surface area contributed by atoms with Gasteiger partial charge >= 0.3 is 11.9 Å². The standard InChI is InChI=1S/C11H11FO5/c1-6(10(13)14)17-9-4-7(11(15)16-2)3-8(12)5-9/h3-6H,1-2H3,(H,13,14). The predicted octanol–water partition coefficient (Wildman–Crippen LogP) is 1.46. The van der Waals surface area contributed by atoms with E-state index in [0.717, 1.165) is 19.2 Å². The van der Waals surface area contributed by atoms with Crippen molar-refractivity contribution in [1.82, 2.24) is 0 Å². The van der Waals surface area contributed by atoms with Crippen molar-refractivity contribution < 1.29 is 28.6 Å². The molecule has 0 aliphatic carbocycles. The lowest BCUT2D eigenvalue weighted by Crippen LogP contribution is -2.23. The molecule has 0 amide bonds. The van der Waals surface area contributed by atoms with Gasteiger partial charge in [0.15, 0.2) is 6.10 Å². The van der Waals surface area contributed by atoms with Crippen molar-refractivity contribution in [1.29, 1.82) is 0 Å². The highest BCUT2D eigenvalue weighted by molar-refractivity contribution is 5.89. The Hall–Kier alpha value is -2.11. The van der Waals surface area contributed by atoms with Crippen molar-refractivity contribution in [2.24, 2.45) is 0 Å². The van der Waals surface area contributed by atoms with Crippen LogP contribution in [0.4, 0.5) is 4.39 Å². The van der Waals surface area contributed by atoms with Crippen LogP contribution in [-0.2, 0) is 9.53 Å². The summed E-state index contributed by atoms with van der Waals surface area (Å²) in [5, 5.41) is 8.63. The lowest BCUT2D eigenvalue weighted by molar-refractivity contribution is -0.144. The number of halogens is 1. The molecule has 92 valence electrons. The van der Waals surface area contributed by atoms with Crippen molar-refractivity contribution in [3.63, 3.8) is 0 Å². The van der Waals surface area contributed by atoms with Crippen LogP contribution in [0.3, 0.4) is 0 Å². The SMILES string of the molecule is COC(=O)c1cc(F)cc(OC(C)C(=O)O)c1. The summed E-state index contributed by atoms with van der Waals surface area (Å²) < 4.78 is 22.5. The van der Waals surface area contributed by atoms with E-state index in [-0.39, 0.29) is 11.3 Å². The number of carbonyl (C=O) groups excluding carboxylic acids is 1. The van der Waals surface area contributed by atoms with Crippen molar-refractivity contribution in [3.8, 4) is 5.75 Å². The number of hydrogen-bond donors (Lipinski definition) is 1. The maximum absolute atomic E-state index is 13.1. The average molecular weight is 242 g/mol. The van der Waals surface area contributed by atoms with E-state index < -0.39 is 23.9 Å². The minimum Gasteiger partial charge on any atom is -0.479 e. The smallest absolute Gasteiger partial charge is 0.344 e. The van der Waals surface area contributed by atoms with Crippen LogP contribution in [0.25, 0.3) is 0 Å². The van der Waals surface area contributed by atoms with Gasteiger partial charge in [-0.15, -0.1) is 0 Å². The van der Waals surface area contributed by atoms with E-state index in [9.17, 15) is 14.0 Å². The maximum atomic E-state index is 13.1. The maximum Gasteiger partial charge on any atom is 0.344 e. The van der Waals surface area contributed by atoms with Gasteiger partial charge in [-0.2, -0.15) is 0 Å². The van der Waals surface area contributed by atoms with Crippen LogP contribution in [0.2, 0.25) is 0 Å². The number of rotatable bonds is 4. The molecule has 0 aliphatic heterocycles. The van der Waals surface area contributed by atoms with Crippen LogP contribution in [0, 0.1) is 5.82 Å². The summed E-state index contributed by atoms with van der Waals surface area (Å²) >= 11 is 0. The Bertz CT molecular complexity index is 443. The number of carboxylic acid groups (broad SMARTS) is 1. The van der Waals surface area contributed by atoms with Crippen LogP contribution in [0.15, 0.2) is 18.2 Å². The second kappa shape index (κ2) is 5.29. The first kappa shape index (κ1) is 13.0. The Morgan fingerprint density at radius 3 is 2.53 bits per heavy atom. The number of benzene rings is 1. The molecule has 1 unspecified atom stereocenters. The first-order chi connectivity index (χ1) is 7.93. The van der Waals surface area contributed by atoms with Crippen LogP contribution >= 0.6 is 0 Å². The first-order valence-corrected chi connectivity index (χ1v) is 4.72. The molecular weight excluding hydrogens is 231 g/mol. The highest BCUT2D eigenvalue weighted by Gasteiger charge is 2.15. The number of carboxylic acids is 1. The first-order valence-electron chi connectivity index (χ1n) is 4.72. The molecule has 17 heavy (non-hydrogen) atoms. The molecule has 0 aromatic heterocycles. The third-order valence-corrected chi connectivity index (χ3v) is 1.95. The number of methoxy groups -OCH3 is 1. The largest absolute Gasteiger partial charge is 0.479 e. The quantitative estimate of drug-likeness (QED) is 0.809. The van der Waals surface area contributed by atoms with Crippen molar-refractivity contribution in [2.45, 2.75) is 13.0 Å². The topological polar surface area (TPSA) is 72.8 Å². The van der Waals surface area contributed by atoms with E-state index in [1.807, 2.05) is 0 Å². The Balaban J connectivity index is 2.97. The molecule has 0 bridgehead atoms. The molecule has 6 heteroatoms. The summed E-state index contributed by atoms with van der Waals surface area (Å²) in [5.41, 5.74) is -0.0416. The van der Waals surface area contributed by atoms with Crippen molar-refractivity contribution in [2.75, 3.05) is 7.11 Å². The summed E-state index contributed by atoms with van der Waals surface area (Å²) in [6, 6.07) is 3.18. The molecule has 0 fully saturated rings. The van der Waals surface area contributed by atoms with Gasteiger partial charge < -0.3 is 14.6 Å². The van der Waals surface area contributed by atoms with Crippen LogP contribution in [0.1, 0.15) is 17.3 Å². The van der Waals surface area contributed by atoms with Gasteiger partial charge in [-0.25, -0.2) is 14.0 Å². The molecule has 1 N–H and O–H groups in total. The third-order valence-electron chi connectivity index (χ3n) is 1.95. The second-order valence-corrected chi connectivity index (χ2v) is 3.27. The van der Waals surface area contributed by atoms with Crippen molar-refractivity contribution in [3.05, 3.63) is 29.6 Å². The molecule has 1 aromatic carbocycles. The molecule has 0 radical (unpaired) electrons. The summed E-state index contributed by atoms with van der Waals surface area (Å²) in [5.74, 6) is -2.66. The highest BCUT2D eigenvalue weighted by atomic mass is 19.1. The normalized spacial score (nSPS) is 11.7. The zero-order valence-corrected chi connectivity index (χ0v) is 9.27. The average Bonchev–Trinajstić information content (AvgIpc) is 2.26. The fourth-order valence-corrected chi connectivity index (χ4v) is 1.12. The molecule has 0 aliphatic rings. The van der Waals surface area contributed by atoms with Gasteiger partial charge in [0, 0.05) is 6.07 Å². The molecule has 1 aromatic rings. The molecule has 0 saturated carbocycles. The Kier molecular flexibility index (Phi) is 4.03. The Morgan fingerprint density at radius 2 is 2.00 bits per heavy atom. The van der Waals surface area contributed by atoms with E-state index >= 15 is 0 Å². The Labute approximate surface area is 96.8 Å². The Morgan fingerprint density at radius 1 is 1.35 bits per heavy atom. The molecule has 0 heterocycles. The zero-order valence-electron chi connectivity index (χ0n) is 9.27. The monoisotopic (exact) mass is 242 g/mol. The van der Waals surface area contributed by atoms with Crippen LogP contribution < -0.4 is 4.74 Å². The summed E-state index contributed by atoms with van der Waals surface area (Å²) in [6.07, 6.45) is -1.14. The number of aliphatic carboxylic acids is 1. The van der Waals surface area contributed by atoms with Gasteiger partial charge in [-0.05, 0) is 19.1 Å². The lowest BCUT2D eigenvalue weighted by Gasteiger charge is -2.11. The number of esters is 1. The van der Waals surface area contributed by atoms with Crippen LogP contribution in [-0.4, -0.2) is 30.3 Å². The summed E-state index contributed by atoms with van der Waals surface area (Å²) in [4.78, 5) is 21.7. The summed E-state index contributed by atoms with van der Waals surface area (Å²) in [6.45, 7) is 1.30. The minimum absolute atomic E-state index is 0.0414. The molecule has 5 nitrogen and oxygen atoms in total. The number of carbonyl (C=O) groups is 2. The van der Waals surface area contributed by atoms with Gasteiger partial charge in [0.2, 0.25) is 0 Å². The number of ether oxygens (including phenoxy) is 2. The fourth-order valence-electron chi connectivity index (χ4n) is 1.12. The zero-order chi connectivity index (χ0) is 13.0. The molecule has 0 saturated heterocycles. The predicted molar refractivity (Wildman–Crippen MR) is 55.5 cm³/mol. The highest BCUT2D eigenvalue weighted by Crippen LogP contribution is 2.18. The third kappa shape index (κ3) is 3.44. The van der Waals surface area contributed by atoms with E-state index in [2.05, 4.69) is 4.74 Å². The minimum atomic E-state index is -1.19. The molecule has 1 atom stereocenters. The second-order valence-electron chi connectivity index (χ2n) is 3.27. The van der Waals surface area contributed by atoms with E-state index in [1.165, 1.54) is 13.0 Å². The van der Waals surface area contributed by atoms with Crippen molar-refractivity contribution >= 4 is 11.9 Å². The van der Waals surface area contributed by atoms with Gasteiger partial charge in [0.25, 0.3) is 0 Å². The molecule has 1 rings (SSSR count). The fraction of sp³-hybridized carbons (Fsp3) is 0.273. The van der Waals surface area contributed by atoms with E-state index in [0.29, 0.717) is 0 Å². The molecular formula is C11H11FO5. The van der Waals surface area contributed by atoms with Gasteiger partial charge in [0.05, 0.1) is 12.7 Å². The molecule has 0 spiro atoms.